The number of nitrogens with zero attached hydrogens (tertiary/aromatic N) is 3. The van der Waals surface area contributed by atoms with Crippen LogP contribution in [0.25, 0.3) is 0 Å². The minimum Gasteiger partial charge on any atom is -0.469 e. The summed E-state index contributed by atoms with van der Waals surface area (Å²) in [5, 5.41) is 7.43. The van der Waals surface area contributed by atoms with Crippen LogP contribution in [0.2, 0.25) is 0 Å². The van der Waals surface area contributed by atoms with Crippen LogP contribution in [0.3, 0.4) is 0 Å². The molecule has 1 aliphatic carbocycles. The van der Waals surface area contributed by atoms with E-state index in [1.807, 2.05) is 24.4 Å². The molecule has 30 heavy (non-hydrogen) atoms. The zero-order valence-electron chi connectivity index (χ0n) is 17.6. The van der Waals surface area contributed by atoms with Crippen molar-refractivity contribution in [3.05, 3.63) is 48.6 Å². The van der Waals surface area contributed by atoms with E-state index in [4.69, 9.17) is 9.41 Å². The molecule has 2 N–H and O–H groups in total. The van der Waals surface area contributed by atoms with Crippen LogP contribution in [-0.4, -0.2) is 42.7 Å². The van der Waals surface area contributed by atoms with Gasteiger partial charge < -0.3 is 20.0 Å². The molecule has 7 heteroatoms. The van der Waals surface area contributed by atoms with Gasteiger partial charge in [0.1, 0.15) is 11.6 Å². The van der Waals surface area contributed by atoms with E-state index >= 15 is 0 Å². The fourth-order valence-corrected chi connectivity index (χ4v) is 4.29. The number of aromatic nitrogens is 1. The van der Waals surface area contributed by atoms with E-state index < -0.39 is 0 Å². The molecule has 0 spiro atoms. The Morgan fingerprint density at radius 2 is 1.77 bits per heavy atom. The molecule has 164 valence electrons. The largest absolute Gasteiger partial charge is 0.469 e. The predicted octanol–water partition coefficient (Wildman–Crippen LogP) is 4.37. The summed E-state index contributed by atoms with van der Waals surface area (Å²) >= 11 is 0. The Labute approximate surface area is 196 Å². The van der Waals surface area contributed by atoms with Gasteiger partial charge in [-0.15, -0.1) is 24.0 Å². The molecule has 0 radical (unpaired) electrons. The fraction of sp³-hybridized carbons (Fsp3) is 0.565. The van der Waals surface area contributed by atoms with Crippen LogP contribution in [0.1, 0.15) is 50.7 Å². The van der Waals surface area contributed by atoms with Gasteiger partial charge in [-0.05, 0) is 49.9 Å². The van der Waals surface area contributed by atoms with Gasteiger partial charge in [-0.2, -0.15) is 0 Å². The molecule has 4 rings (SSSR count). The highest BCUT2D eigenvalue weighted by molar-refractivity contribution is 14.0. The first-order valence-electron chi connectivity index (χ1n) is 11.1. The summed E-state index contributed by atoms with van der Waals surface area (Å²) in [6.45, 7) is 2.79. The van der Waals surface area contributed by atoms with Gasteiger partial charge in [0.15, 0.2) is 5.96 Å². The number of hydrogen-bond donors (Lipinski definition) is 2. The number of pyridine rings is 1. The van der Waals surface area contributed by atoms with Crippen molar-refractivity contribution in [2.45, 2.75) is 63.5 Å². The van der Waals surface area contributed by atoms with Crippen molar-refractivity contribution in [3.8, 4) is 0 Å². The molecule has 1 saturated carbocycles. The smallest absolute Gasteiger partial charge is 0.191 e. The summed E-state index contributed by atoms with van der Waals surface area (Å²) in [7, 11) is 0. The average molecular weight is 523 g/mol. The van der Waals surface area contributed by atoms with Crippen LogP contribution in [0, 0.1) is 0 Å². The molecule has 0 bridgehead atoms. The Hall–Kier alpha value is -1.77. The highest BCUT2D eigenvalue weighted by atomic mass is 127. The Morgan fingerprint density at radius 1 is 1.00 bits per heavy atom. The highest BCUT2D eigenvalue weighted by Gasteiger charge is 2.22. The molecule has 2 aliphatic rings. The van der Waals surface area contributed by atoms with Crippen molar-refractivity contribution >= 4 is 35.8 Å². The molecule has 2 aromatic heterocycles. The molecule has 0 aromatic carbocycles. The number of piperidine rings is 1. The third-order valence-electron chi connectivity index (χ3n) is 5.96. The van der Waals surface area contributed by atoms with E-state index in [0.29, 0.717) is 12.1 Å². The molecule has 6 nitrogen and oxygen atoms in total. The quantitative estimate of drug-likeness (QED) is 0.335. The van der Waals surface area contributed by atoms with Crippen molar-refractivity contribution in [2.75, 3.05) is 24.5 Å². The Bertz CT molecular complexity index is 738. The van der Waals surface area contributed by atoms with E-state index in [1.165, 1.54) is 32.1 Å². The van der Waals surface area contributed by atoms with Crippen LogP contribution < -0.4 is 15.5 Å². The lowest BCUT2D eigenvalue weighted by Crippen LogP contribution is -2.51. The molecule has 0 amide bonds. The summed E-state index contributed by atoms with van der Waals surface area (Å²) < 4.78 is 5.45. The van der Waals surface area contributed by atoms with Crippen LogP contribution in [0.5, 0.6) is 0 Å². The number of rotatable bonds is 6. The van der Waals surface area contributed by atoms with Crippen molar-refractivity contribution in [1.82, 2.24) is 15.6 Å². The molecule has 3 heterocycles. The number of hydrogen-bond acceptors (Lipinski definition) is 4. The first kappa shape index (κ1) is 22.9. The molecular formula is C23H34IN5O. The number of guanidine groups is 1. The van der Waals surface area contributed by atoms with Gasteiger partial charge >= 0.3 is 0 Å². The molecule has 2 fully saturated rings. The normalized spacial score (nSPS) is 18.7. The summed E-state index contributed by atoms with van der Waals surface area (Å²) in [6, 6.07) is 11.1. The third kappa shape index (κ3) is 6.89. The lowest BCUT2D eigenvalue weighted by molar-refractivity contribution is 0.401. The highest BCUT2D eigenvalue weighted by Crippen LogP contribution is 2.19. The molecular weight excluding hydrogens is 489 g/mol. The van der Waals surface area contributed by atoms with Gasteiger partial charge in [0.05, 0.1) is 6.26 Å². The maximum Gasteiger partial charge on any atom is 0.191 e. The maximum atomic E-state index is 5.45. The van der Waals surface area contributed by atoms with E-state index in [0.717, 1.165) is 56.4 Å². The van der Waals surface area contributed by atoms with Crippen LogP contribution in [0.4, 0.5) is 5.82 Å². The second kappa shape index (κ2) is 12.2. The van der Waals surface area contributed by atoms with Crippen molar-refractivity contribution in [1.29, 1.82) is 0 Å². The van der Waals surface area contributed by atoms with Crippen LogP contribution in [0.15, 0.2) is 52.2 Å². The van der Waals surface area contributed by atoms with Gasteiger partial charge in [-0.3, -0.25) is 4.99 Å². The topological polar surface area (TPSA) is 65.7 Å². The first-order chi connectivity index (χ1) is 14.4. The summed E-state index contributed by atoms with van der Waals surface area (Å²) in [4.78, 5) is 11.7. The standard InChI is InChI=1S/C23H33N5O.HI/c1-2-7-19(8-3-1)26-23(25-15-11-21-9-6-18-29-21)27-20-12-16-28(17-13-20)22-10-4-5-14-24-22;/h4-6,9-10,14,18-20H,1-3,7-8,11-13,15-17H2,(H2,25,26,27);1H. The Balaban J connectivity index is 0.00000256. The minimum absolute atomic E-state index is 0. The van der Waals surface area contributed by atoms with Crippen molar-refractivity contribution < 1.29 is 4.42 Å². The molecule has 0 atom stereocenters. The lowest BCUT2D eigenvalue weighted by atomic mass is 9.95. The van der Waals surface area contributed by atoms with E-state index in [1.54, 1.807) is 6.26 Å². The monoisotopic (exact) mass is 523 g/mol. The number of aliphatic imine (C=N–C) groups is 1. The first-order valence-corrected chi connectivity index (χ1v) is 11.1. The average Bonchev–Trinajstić information content (AvgIpc) is 3.29. The third-order valence-corrected chi connectivity index (χ3v) is 5.96. The van der Waals surface area contributed by atoms with Gasteiger partial charge in [-0.25, -0.2) is 4.98 Å². The Kier molecular flexibility index (Phi) is 9.29. The van der Waals surface area contributed by atoms with E-state index in [-0.39, 0.29) is 24.0 Å². The van der Waals surface area contributed by atoms with Crippen LogP contribution >= 0.6 is 24.0 Å². The van der Waals surface area contributed by atoms with Gasteiger partial charge in [-0.1, -0.05) is 25.3 Å². The lowest BCUT2D eigenvalue weighted by Gasteiger charge is -2.34. The summed E-state index contributed by atoms with van der Waals surface area (Å²) in [5.41, 5.74) is 0. The summed E-state index contributed by atoms with van der Waals surface area (Å²) in [5.74, 6) is 3.05. The van der Waals surface area contributed by atoms with Crippen molar-refractivity contribution in [3.63, 3.8) is 0 Å². The number of halogens is 1. The maximum absolute atomic E-state index is 5.45. The zero-order chi connectivity index (χ0) is 19.7. The fourth-order valence-electron chi connectivity index (χ4n) is 4.29. The zero-order valence-corrected chi connectivity index (χ0v) is 20.0. The van der Waals surface area contributed by atoms with Gasteiger partial charge in [0.2, 0.25) is 0 Å². The Morgan fingerprint density at radius 3 is 2.43 bits per heavy atom. The molecule has 0 unspecified atom stereocenters. The second-order valence-electron chi connectivity index (χ2n) is 8.13. The molecule has 2 aromatic rings. The van der Waals surface area contributed by atoms with Crippen LogP contribution in [-0.2, 0) is 6.42 Å². The van der Waals surface area contributed by atoms with E-state index in [2.05, 4.69) is 32.7 Å². The van der Waals surface area contributed by atoms with E-state index in [9.17, 15) is 0 Å². The number of nitrogens with one attached hydrogen (secondary N) is 2. The second-order valence-corrected chi connectivity index (χ2v) is 8.13. The minimum atomic E-state index is 0. The number of furan rings is 1. The molecule has 1 aliphatic heterocycles. The van der Waals surface area contributed by atoms with Gasteiger partial charge in [0.25, 0.3) is 0 Å². The summed E-state index contributed by atoms with van der Waals surface area (Å²) in [6.07, 6.45) is 13.1. The number of anilines is 1. The SMILES string of the molecule is I.c1ccc(N2CCC(NC(=NCCc3ccco3)NC3CCCCC3)CC2)nc1. The predicted molar refractivity (Wildman–Crippen MR) is 133 cm³/mol. The molecule has 1 saturated heterocycles. The van der Waals surface area contributed by atoms with Crippen molar-refractivity contribution in [2.24, 2.45) is 4.99 Å². The van der Waals surface area contributed by atoms with Gasteiger partial charge in [0, 0.05) is 44.3 Å².